The van der Waals surface area contributed by atoms with Crippen LogP contribution in [-0.4, -0.2) is 28.5 Å². The van der Waals surface area contributed by atoms with Gasteiger partial charge < -0.3 is 15.2 Å². The number of thiophene rings is 1. The second-order valence-corrected chi connectivity index (χ2v) is 6.28. The maximum atomic E-state index is 11.4. The first-order valence-electron chi connectivity index (χ1n) is 5.39. The van der Waals surface area contributed by atoms with Gasteiger partial charge in [0.1, 0.15) is 0 Å². The van der Waals surface area contributed by atoms with Crippen molar-refractivity contribution in [2.24, 2.45) is 10.2 Å². The molecule has 1 aliphatic heterocycles. The smallest absolute Gasteiger partial charge is 0.239 e. The van der Waals surface area contributed by atoms with Crippen molar-refractivity contribution >= 4 is 46.4 Å². The number of amides is 1. The number of rotatable bonds is 4. The third-order valence-corrected chi connectivity index (χ3v) is 4.23. The summed E-state index contributed by atoms with van der Waals surface area (Å²) in [5, 5.41) is 20.2. The third-order valence-electron chi connectivity index (χ3n) is 2.22. The van der Waals surface area contributed by atoms with Crippen LogP contribution in [0.2, 0.25) is 0 Å². The van der Waals surface area contributed by atoms with Gasteiger partial charge in [-0.2, -0.15) is 5.10 Å². The molecular weight excluding hydrogens is 286 g/mol. The van der Waals surface area contributed by atoms with Gasteiger partial charge in [0.25, 0.3) is 0 Å². The molecule has 1 fully saturated rings. The van der Waals surface area contributed by atoms with E-state index in [0.717, 1.165) is 16.6 Å². The number of carboxylic acids is 1. The van der Waals surface area contributed by atoms with Crippen LogP contribution < -0.4 is 10.4 Å². The van der Waals surface area contributed by atoms with Gasteiger partial charge in [0.05, 0.1) is 11.5 Å². The molecule has 2 rings (SSSR count). The molecule has 100 valence electrons. The first kappa shape index (κ1) is 13.8. The highest BCUT2D eigenvalue weighted by atomic mass is 32.2. The van der Waals surface area contributed by atoms with E-state index in [1.807, 2.05) is 19.1 Å². The normalized spacial score (nSPS) is 21.2. The number of carbonyl (C=O) groups excluding carboxylic acids is 2. The summed E-state index contributed by atoms with van der Waals surface area (Å²) in [5.74, 6) is -1.64. The lowest BCUT2D eigenvalue weighted by molar-refractivity contribution is -0.305. The first-order valence-corrected chi connectivity index (χ1v) is 7.09. The van der Waals surface area contributed by atoms with Crippen LogP contribution in [0.15, 0.2) is 22.3 Å². The van der Waals surface area contributed by atoms with E-state index in [-0.39, 0.29) is 12.3 Å². The summed E-state index contributed by atoms with van der Waals surface area (Å²) < 4.78 is 0. The predicted octanol–water partition coefficient (Wildman–Crippen LogP) is 0.118. The minimum absolute atomic E-state index is 0.306. The van der Waals surface area contributed by atoms with Crippen LogP contribution in [0.5, 0.6) is 0 Å². The molecule has 0 aromatic carbocycles. The molecule has 6 nitrogen and oxygen atoms in total. The Labute approximate surface area is 117 Å². The fourth-order valence-electron chi connectivity index (χ4n) is 1.40. The van der Waals surface area contributed by atoms with Crippen LogP contribution >= 0.6 is 23.1 Å². The minimum Gasteiger partial charge on any atom is -0.550 e. The zero-order chi connectivity index (χ0) is 13.8. The Bertz CT molecular complexity index is 565. The minimum atomic E-state index is -1.26. The van der Waals surface area contributed by atoms with Gasteiger partial charge in [0.15, 0.2) is 5.17 Å². The zero-order valence-electron chi connectivity index (χ0n) is 9.95. The van der Waals surface area contributed by atoms with E-state index < -0.39 is 11.2 Å². The molecule has 0 bridgehead atoms. The van der Waals surface area contributed by atoms with E-state index in [4.69, 9.17) is 0 Å². The molecule has 2 heterocycles. The average Bonchev–Trinajstić information content (AvgIpc) is 2.86. The maximum absolute atomic E-state index is 11.4. The fourth-order valence-corrected chi connectivity index (χ4v) is 3.05. The predicted molar refractivity (Wildman–Crippen MR) is 73.2 cm³/mol. The van der Waals surface area contributed by atoms with Crippen molar-refractivity contribution in [3.63, 3.8) is 0 Å². The standard InChI is InChI=1S/C11H11N3O3S2/c1-6-2-3-7(18-6)5-12-14-11-13-10(17)8(19-11)4-9(15)16/h2-3,5,8H,4H2,1H3,(H,15,16)(H,13,14,17)/p-1/b12-5-/t8-/m0/s1. The Morgan fingerprint density at radius 1 is 1.58 bits per heavy atom. The molecule has 1 aromatic rings. The second-order valence-electron chi connectivity index (χ2n) is 3.77. The molecule has 1 N–H and O–H groups in total. The van der Waals surface area contributed by atoms with Crippen LogP contribution in [0.4, 0.5) is 0 Å². The summed E-state index contributed by atoms with van der Waals surface area (Å²) in [4.78, 5) is 24.0. The molecule has 1 aliphatic rings. The lowest BCUT2D eigenvalue weighted by atomic mass is 10.3. The Balaban J connectivity index is 1.96. The first-order chi connectivity index (χ1) is 9.04. The Morgan fingerprint density at radius 3 is 3.00 bits per heavy atom. The van der Waals surface area contributed by atoms with E-state index in [2.05, 4.69) is 15.5 Å². The molecule has 1 aromatic heterocycles. The molecule has 0 unspecified atom stereocenters. The van der Waals surface area contributed by atoms with Gasteiger partial charge >= 0.3 is 0 Å². The van der Waals surface area contributed by atoms with Crippen molar-refractivity contribution in [1.82, 2.24) is 5.32 Å². The Morgan fingerprint density at radius 2 is 2.37 bits per heavy atom. The Hall–Kier alpha value is -1.67. The summed E-state index contributed by atoms with van der Waals surface area (Å²) in [7, 11) is 0. The number of nitrogens with zero attached hydrogens (tertiary/aromatic N) is 2. The summed E-state index contributed by atoms with van der Waals surface area (Å²) in [6.45, 7) is 1.99. The van der Waals surface area contributed by atoms with Crippen LogP contribution in [0.25, 0.3) is 0 Å². The summed E-state index contributed by atoms with van der Waals surface area (Å²) >= 11 is 2.63. The van der Waals surface area contributed by atoms with Gasteiger partial charge in [0.2, 0.25) is 5.91 Å². The van der Waals surface area contributed by atoms with Crippen molar-refractivity contribution in [3.8, 4) is 0 Å². The zero-order valence-corrected chi connectivity index (χ0v) is 11.6. The van der Waals surface area contributed by atoms with Crippen molar-refractivity contribution in [2.75, 3.05) is 0 Å². The van der Waals surface area contributed by atoms with E-state index >= 15 is 0 Å². The van der Waals surface area contributed by atoms with Crippen molar-refractivity contribution < 1.29 is 14.7 Å². The SMILES string of the molecule is Cc1ccc(/C=N\N=C2\NC(=O)[C@H](CC(=O)[O-])S2)s1. The molecule has 0 radical (unpaired) electrons. The number of aryl methyl sites for hydroxylation is 1. The van der Waals surface area contributed by atoms with E-state index in [0.29, 0.717) is 5.17 Å². The summed E-state index contributed by atoms with van der Waals surface area (Å²) in [6.07, 6.45) is 1.26. The largest absolute Gasteiger partial charge is 0.550 e. The fraction of sp³-hybridized carbons (Fsp3) is 0.273. The van der Waals surface area contributed by atoms with E-state index in [1.54, 1.807) is 17.6 Å². The van der Waals surface area contributed by atoms with Crippen molar-refractivity contribution in [1.29, 1.82) is 0 Å². The number of hydrogen-bond acceptors (Lipinski definition) is 7. The molecule has 8 heteroatoms. The van der Waals surface area contributed by atoms with Crippen molar-refractivity contribution in [3.05, 3.63) is 21.9 Å². The molecule has 1 amide bonds. The lowest BCUT2D eigenvalue weighted by Crippen LogP contribution is -2.31. The van der Waals surface area contributed by atoms with Crippen LogP contribution in [0.1, 0.15) is 16.2 Å². The highest BCUT2D eigenvalue weighted by Gasteiger charge is 2.30. The van der Waals surface area contributed by atoms with E-state index in [9.17, 15) is 14.7 Å². The van der Waals surface area contributed by atoms with Crippen LogP contribution in [0.3, 0.4) is 0 Å². The number of carboxylic acid groups (broad SMARTS) is 1. The number of thioether (sulfide) groups is 1. The number of amidine groups is 1. The van der Waals surface area contributed by atoms with Gasteiger partial charge in [-0.05, 0) is 19.1 Å². The average molecular weight is 296 g/mol. The second kappa shape index (κ2) is 5.98. The lowest BCUT2D eigenvalue weighted by Gasteiger charge is -2.04. The molecule has 0 aliphatic carbocycles. The van der Waals surface area contributed by atoms with Gasteiger partial charge in [-0.15, -0.1) is 16.4 Å². The number of carbonyl (C=O) groups is 2. The molecular formula is C11H10N3O3S2-. The highest BCUT2D eigenvalue weighted by Crippen LogP contribution is 2.22. The molecule has 1 atom stereocenters. The van der Waals surface area contributed by atoms with Crippen molar-refractivity contribution in [2.45, 2.75) is 18.6 Å². The van der Waals surface area contributed by atoms with Gasteiger partial charge in [0, 0.05) is 22.1 Å². The van der Waals surface area contributed by atoms with Crippen LogP contribution in [-0.2, 0) is 9.59 Å². The topological polar surface area (TPSA) is 94.0 Å². The van der Waals surface area contributed by atoms with Gasteiger partial charge in [-0.25, -0.2) is 0 Å². The number of aliphatic carboxylic acids is 1. The Kier molecular flexibility index (Phi) is 4.33. The molecule has 19 heavy (non-hydrogen) atoms. The highest BCUT2D eigenvalue weighted by molar-refractivity contribution is 8.15. The maximum Gasteiger partial charge on any atom is 0.239 e. The summed E-state index contributed by atoms with van der Waals surface area (Å²) in [5.41, 5.74) is 0. The number of nitrogens with one attached hydrogen (secondary N) is 1. The van der Waals surface area contributed by atoms with Crippen LogP contribution in [0, 0.1) is 6.92 Å². The molecule has 0 spiro atoms. The van der Waals surface area contributed by atoms with E-state index in [1.165, 1.54) is 4.88 Å². The number of hydrogen-bond donors (Lipinski definition) is 1. The van der Waals surface area contributed by atoms with Gasteiger partial charge in [-0.3, -0.25) is 4.79 Å². The monoisotopic (exact) mass is 296 g/mol. The molecule has 0 saturated carbocycles. The molecule has 1 saturated heterocycles. The quantitative estimate of drug-likeness (QED) is 0.630. The third kappa shape index (κ3) is 3.90. The summed E-state index contributed by atoms with van der Waals surface area (Å²) in [6, 6.07) is 3.89. The van der Waals surface area contributed by atoms with Gasteiger partial charge in [-0.1, -0.05) is 11.8 Å².